The molecule has 1 heterocycles. The highest BCUT2D eigenvalue weighted by atomic mass is 35.5. The summed E-state index contributed by atoms with van der Waals surface area (Å²) in [5.41, 5.74) is 5.92. The number of nitrogens with zero attached hydrogens (tertiary/aromatic N) is 3. The van der Waals surface area contributed by atoms with Gasteiger partial charge in [-0.15, -0.1) is 0 Å². The number of halogens is 1. The summed E-state index contributed by atoms with van der Waals surface area (Å²) < 4.78 is 0. The van der Waals surface area contributed by atoms with Crippen molar-refractivity contribution in [3.63, 3.8) is 0 Å². The van der Waals surface area contributed by atoms with Crippen LogP contribution < -0.4 is 5.73 Å². The van der Waals surface area contributed by atoms with Crippen molar-refractivity contribution in [3.8, 4) is 11.3 Å². The molecule has 17 heavy (non-hydrogen) atoms. The van der Waals surface area contributed by atoms with Crippen LogP contribution in [0.15, 0.2) is 30.6 Å². The van der Waals surface area contributed by atoms with Crippen LogP contribution in [0.25, 0.3) is 11.3 Å². The Hall–Kier alpha value is -2.21. The Morgan fingerprint density at radius 2 is 1.88 bits per heavy atom. The molecule has 0 atom stereocenters. The minimum atomic E-state index is -0.598. The third-order valence-electron chi connectivity index (χ3n) is 2.15. The number of aromatic nitrogens is 2. The molecule has 2 aromatic rings. The number of rotatable bonds is 2. The van der Waals surface area contributed by atoms with Crippen molar-refractivity contribution >= 4 is 23.1 Å². The second kappa shape index (κ2) is 4.34. The fourth-order valence-corrected chi connectivity index (χ4v) is 1.52. The summed E-state index contributed by atoms with van der Waals surface area (Å²) >= 11 is 5.74. The lowest BCUT2D eigenvalue weighted by Gasteiger charge is -2.03. The molecule has 0 saturated carbocycles. The first kappa shape index (κ1) is 11.3. The number of anilines is 1. The number of hydrogen-bond acceptors (Lipinski definition) is 5. The molecule has 0 radical (unpaired) electrons. The average Bonchev–Trinajstić information content (AvgIpc) is 2.29. The minimum Gasteiger partial charge on any atom is -0.378 e. The molecular formula is C10H7ClN4O2. The van der Waals surface area contributed by atoms with Crippen LogP contribution in [0.1, 0.15) is 0 Å². The van der Waals surface area contributed by atoms with Crippen molar-refractivity contribution in [2.24, 2.45) is 0 Å². The molecule has 86 valence electrons. The first-order chi connectivity index (χ1) is 8.09. The van der Waals surface area contributed by atoms with Crippen LogP contribution in [0, 0.1) is 10.1 Å². The van der Waals surface area contributed by atoms with Crippen molar-refractivity contribution in [1.29, 1.82) is 0 Å². The van der Waals surface area contributed by atoms with Gasteiger partial charge < -0.3 is 5.73 Å². The minimum absolute atomic E-state index is 0.157. The summed E-state index contributed by atoms with van der Waals surface area (Å²) in [6.07, 6.45) is 1.19. The molecule has 6 nitrogen and oxygen atoms in total. The Kier molecular flexibility index (Phi) is 2.88. The van der Waals surface area contributed by atoms with Crippen molar-refractivity contribution in [2.45, 2.75) is 0 Å². The second-order valence-electron chi connectivity index (χ2n) is 3.22. The summed E-state index contributed by atoms with van der Waals surface area (Å²) in [6, 6.07) is 6.52. The van der Waals surface area contributed by atoms with E-state index in [-0.39, 0.29) is 17.2 Å². The van der Waals surface area contributed by atoms with E-state index in [1.165, 1.54) is 6.33 Å². The van der Waals surface area contributed by atoms with Crippen molar-refractivity contribution < 1.29 is 4.92 Å². The fraction of sp³-hybridized carbons (Fsp3) is 0. The SMILES string of the molecule is Nc1ncnc(-c2ccc(Cl)cc2)c1[N+](=O)[O-]. The van der Waals surface area contributed by atoms with Crippen molar-refractivity contribution in [2.75, 3.05) is 5.73 Å². The molecule has 0 unspecified atom stereocenters. The molecule has 0 amide bonds. The predicted octanol–water partition coefficient (Wildman–Crippen LogP) is 2.29. The summed E-state index contributed by atoms with van der Waals surface area (Å²) in [6.45, 7) is 0. The number of hydrogen-bond donors (Lipinski definition) is 1. The first-order valence-corrected chi connectivity index (χ1v) is 4.98. The Labute approximate surface area is 101 Å². The van der Waals surface area contributed by atoms with E-state index in [0.29, 0.717) is 10.6 Å². The topological polar surface area (TPSA) is 94.9 Å². The van der Waals surface area contributed by atoms with Crippen LogP contribution in [0.5, 0.6) is 0 Å². The van der Waals surface area contributed by atoms with Crippen LogP contribution >= 0.6 is 11.6 Å². The molecule has 0 aliphatic carbocycles. The molecule has 0 aliphatic heterocycles. The zero-order chi connectivity index (χ0) is 12.4. The van der Waals surface area contributed by atoms with Gasteiger partial charge in [0.25, 0.3) is 0 Å². The molecule has 0 saturated heterocycles. The summed E-state index contributed by atoms with van der Waals surface area (Å²) in [7, 11) is 0. The standard InChI is InChI=1S/C10H7ClN4O2/c11-7-3-1-6(2-4-7)8-9(15(16)17)10(12)14-5-13-8/h1-5H,(H2,12,13,14). The van der Waals surface area contributed by atoms with E-state index in [1.54, 1.807) is 24.3 Å². The number of nitrogens with two attached hydrogens (primary N) is 1. The van der Waals surface area contributed by atoms with Crippen LogP contribution in [-0.2, 0) is 0 Å². The third-order valence-corrected chi connectivity index (χ3v) is 2.40. The predicted molar refractivity (Wildman–Crippen MR) is 63.5 cm³/mol. The van der Waals surface area contributed by atoms with Gasteiger partial charge in [-0.3, -0.25) is 10.1 Å². The molecule has 7 heteroatoms. The number of benzene rings is 1. The maximum atomic E-state index is 10.9. The maximum Gasteiger partial charge on any atom is 0.337 e. The lowest BCUT2D eigenvalue weighted by atomic mass is 10.1. The summed E-state index contributed by atoms with van der Waals surface area (Å²) in [5.74, 6) is -0.157. The van der Waals surface area contributed by atoms with Gasteiger partial charge in [-0.2, -0.15) is 0 Å². The van der Waals surface area contributed by atoms with Crippen LogP contribution in [0.4, 0.5) is 11.5 Å². The molecular weight excluding hydrogens is 244 g/mol. The molecule has 0 aliphatic rings. The third kappa shape index (κ3) is 2.16. The first-order valence-electron chi connectivity index (χ1n) is 4.60. The highest BCUT2D eigenvalue weighted by Gasteiger charge is 2.21. The number of nitro groups is 1. The van der Waals surface area contributed by atoms with Gasteiger partial charge in [-0.1, -0.05) is 23.7 Å². The normalized spacial score (nSPS) is 10.2. The highest BCUT2D eigenvalue weighted by molar-refractivity contribution is 6.30. The molecule has 1 aromatic heterocycles. The summed E-state index contributed by atoms with van der Waals surface area (Å²) in [4.78, 5) is 17.8. The lowest BCUT2D eigenvalue weighted by Crippen LogP contribution is -2.02. The Bertz CT molecular complexity index is 571. The molecule has 1 aromatic carbocycles. The van der Waals surface area contributed by atoms with Gasteiger partial charge in [-0.05, 0) is 12.1 Å². The maximum absolute atomic E-state index is 10.9. The zero-order valence-electron chi connectivity index (χ0n) is 8.50. The van der Waals surface area contributed by atoms with E-state index in [0.717, 1.165) is 0 Å². The van der Waals surface area contributed by atoms with Gasteiger partial charge >= 0.3 is 5.69 Å². The van der Waals surface area contributed by atoms with E-state index in [2.05, 4.69) is 9.97 Å². The zero-order valence-corrected chi connectivity index (χ0v) is 9.26. The Morgan fingerprint density at radius 1 is 1.24 bits per heavy atom. The quantitative estimate of drug-likeness (QED) is 0.652. The Morgan fingerprint density at radius 3 is 2.47 bits per heavy atom. The van der Waals surface area contributed by atoms with E-state index < -0.39 is 4.92 Å². The van der Waals surface area contributed by atoms with Crippen LogP contribution in [0.3, 0.4) is 0 Å². The Balaban J connectivity index is 2.63. The van der Waals surface area contributed by atoms with Crippen LogP contribution in [0.2, 0.25) is 5.02 Å². The molecule has 0 fully saturated rings. The lowest BCUT2D eigenvalue weighted by molar-refractivity contribution is -0.383. The summed E-state index contributed by atoms with van der Waals surface area (Å²) in [5, 5.41) is 11.4. The van der Waals surface area contributed by atoms with Crippen molar-refractivity contribution in [3.05, 3.63) is 45.7 Å². The van der Waals surface area contributed by atoms with E-state index in [1.807, 2.05) is 0 Å². The van der Waals surface area contributed by atoms with Crippen LogP contribution in [-0.4, -0.2) is 14.9 Å². The molecule has 0 spiro atoms. The fourth-order valence-electron chi connectivity index (χ4n) is 1.39. The van der Waals surface area contributed by atoms with Gasteiger partial charge in [0, 0.05) is 10.6 Å². The van der Waals surface area contributed by atoms with Gasteiger partial charge in [0.05, 0.1) is 4.92 Å². The van der Waals surface area contributed by atoms with E-state index in [9.17, 15) is 10.1 Å². The van der Waals surface area contributed by atoms with Gasteiger partial charge in [0.2, 0.25) is 5.82 Å². The average molecular weight is 251 g/mol. The monoisotopic (exact) mass is 250 g/mol. The second-order valence-corrected chi connectivity index (χ2v) is 3.66. The van der Waals surface area contributed by atoms with Gasteiger partial charge in [0.1, 0.15) is 6.33 Å². The molecule has 2 rings (SSSR count). The van der Waals surface area contributed by atoms with Crippen molar-refractivity contribution in [1.82, 2.24) is 9.97 Å². The molecule has 2 N–H and O–H groups in total. The number of nitrogen functional groups attached to an aromatic ring is 1. The van der Waals surface area contributed by atoms with E-state index in [4.69, 9.17) is 17.3 Å². The van der Waals surface area contributed by atoms with Gasteiger partial charge in [0.15, 0.2) is 5.69 Å². The smallest absolute Gasteiger partial charge is 0.337 e. The largest absolute Gasteiger partial charge is 0.378 e. The van der Waals surface area contributed by atoms with Gasteiger partial charge in [-0.25, -0.2) is 9.97 Å². The van der Waals surface area contributed by atoms with E-state index >= 15 is 0 Å². The highest BCUT2D eigenvalue weighted by Crippen LogP contribution is 2.31. The molecule has 0 bridgehead atoms.